The van der Waals surface area contributed by atoms with E-state index in [4.69, 9.17) is 10.8 Å². The SMILES string of the molecule is CCN(C(=O)C(N)(CC)CC)C(C)CC(=O)O. The molecule has 1 amide bonds. The fraction of sp³-hybridized carbons (Fsp3) is 0.833. The minimum atomic E-state index is -0.903. The van der Waals surface area contributed by atoms with Crippen LogP contribution in [0.25, 0.3) is 0 Å². The van der Waals surface area contributed by atoms with Gasteiger partial charge in [0, 0.05) is 12.6 Å². The Hall–Kier alpha value is -1.10. The fourth-order valence-corrected chi connectivity index (χ4v) is 1.86. The summed E-state index contributed by atoms with van der Waals surface area (Å²) in [6.07, 6.45) is 1.06. The Labute approximate surface area is 103 Å². The molecular formula is C12H24N2O3. The third-order valence-electron chi connectivity index (χ3n) is 3.29. The van der Waals surface area contributed by atoms with Gasteiger partial charge in [0.05, 0.1) is 12.0 Å². The van der Waals surface area contributed by atoms with E-state index in [9.17, 15) is 9.59 Å². The molecule has 0 fully saturated rings. The quantitative estimate of drug-likeness (QED) is 0.705. The van der Waals surface area contributed by atoms with Gasteiger partial charge in [0.15, 0.2) is 0 Å². The summed E-state index contributed by atoms with van der Waals surface area (Å²) in [7, 11) is 0. The number of carboxylic acid groups (broad SMARTS) is 1. The molecular weight excluding hydrogens is 220 g/mol. The van der Waals surface area contributed by atoms with Crippen molar-refractivity contribution in [2.75, 3.05) is 6.54 Å². The van der Waals surface area contributed by atoms with Gasteiger partial charge in [-0.3, -0.25) is 9.59 Å². The van der Waals surface area contributed by atoms with Gasteiger partial charge in [-0.05, 0) is 26.7 Å². The first-order chi connectivity index (χ1) is 7.82. The van der Waals surface area contributed by atoms with E-state index in [1.54, 1.807) is 11.8 Å². The maximum Gasteiger partial charge on any atom is 0.305 e. The van der Waals surface area contributed by atoms with Gasteiger partial charge in [-0.25, -0.2) is 0 Å². The number of hydrogen-bond acceptors (Lipinski definition) is 3. The van der Waals surface area contributed by atoms with Gasteiger partial charge < -0.3 is 15.7 Å². The first-order valence-corrected chi connectivity index (χ1v) is 6.14. The van der Waals surface area contributed by atoms with Crippen LogP contribution in [-0.4, -0.2) is 40.0 Å². The lowest BCUT2D eigenvalue weighted by Gasteiger charge is -2.35. The molecule has 0 aliphatic heterocycles. The highest BCUT2D eigenvalue weighted by molar-refractivity contribution is 5.86. The zero-order chi connectivity index (χ0) is 13.6. The fourth-order valence-electron chi connectivity index (χ4n) is 1.86. The van der Waals surface area contributed by atoms with E-state index in [0.29, 0.717) is 19.4 Å². The van der Waals surface area contributed by atoms with Crippen LogP contribution in [0.15, 0.2) is 0 Å². The van der Waals surface area contributed by atoms with Crippen molar-refractivity contribution in [1.29, 1.82) is 0 Å². The van der Waals surface area contributed by atoms with E-state index < -0.39 is 11.5 Å². The second kappa shape index (κ2) is 6.59. The molecule has 3 N–H and O–H groups in total. The van der Waals surface area contributed by atoms with Gasteiger partial charge in [0.1, 0.15) is 0 Å². The third kappa shape index (κ3) is 4.00. The van der Waals surface area contributed by atoms with Crippen LogP contribution in [-0.2, 0) is 9.59 Å². The average molecular weight is 244 g/mol. The molecule has 0 radical (unpaired) electrons. The van der Waals surface area contributed by atoms with Gasteiger partial charge in [0.25, 0.3) is 0 Å². The molecule has 0 aliphatic rings. The molecule has 0 rings (SSSR count). The number of carbonyl (C=O) groups excluding carboxylic acids is 1. The molecule has 100 valence electrons. The van der Waals surface area contributed by atoms with Crippen molar-refractivity contribution in [3.63, 3.8) is 0 Å². The minimum Gasteiger partial charge on any atom is -0.481 e. The number of amides is 1. The molecule has 17 heavy (non-hydrogen) atoms. The highest BCUT2D eigenvalue weighted by atomic mass is 16.4. The van der Waals surface area contributed by atoms with Crippen LogP contribution in [0.2, 0.25) is 0 Å². The Balaban J connectivity index is 4.87. The number of aliphatic carboxylic acids is 1. The van der Waals surface area contributed by atoms with Crippen molar-refractivity contribution in [3.8, 4) is 0 Å². The monoisotopic (exact) mass is 244 g/mol. The van der Waals surface area contributed by atoms with Gasteiger partial charge in [-0.15, -0.1) is 0 Å². The molecule has 0 aromatic heterocycles. The van der Waals surface area contributed by atoms with Crippen molar-refractivity contribution in [1.82, 2.24) is 4.90 Å². The number of rotatable bonds is 7. The number of nitrogens with two attached hydrogens (primary N) is 1. The minimum absolute atomic E-state index is 0.0525. The van der Waals surface area contributed by atoms with Crippen LogP contribution in [0.3, 0.4) is 0 Å². The Morgan fingerprint density at radius 1 is 1.29 bits per heavy atom. The lowest BCUT2D eigenvalue weighted by Crippen LogP contribution is -2.57. The van der Waals surface area contributed by atoms with Gasteiger partial charge in [-0.2, -0.15) is 0 Å². The van der Waals surface area contributed by atoms with E-state index in [1.165, 1.54) is 0 Å². The van der Waals surface area contributed by atoms with E-state index in [1.807, 2.05) is 20.8 Å². The molecule has 0 saturated carbocycles. The summed E-state index contributed by atoms with van der Waals surface area (Å²) in [6.45, 7) is 7.80. The summed E-state index contributed by atoms with van der Waals surface area (Å²) in [5, 5.41) is 8.76. The number of hydrogen-bond donors (Lipinski definition) is 2. The van der Waals surface area contributed by atoms with Crippen molar-refractivity contribution in [2.45, 2.75) is 58.5 Å². The topological polar surface area (TPSA) is 83.6 Å². The molecule has 0 aliphatic carbocycles. The van der Waals surface area contributed by atoms with E-state index in [2.05, 4.69) is 0 Å². The number of likely N-dealkylation sites (N-methyl/N-ethyl adjacent to an activating group) is 1. The second-order valence-corrected chi connectivity index (χ2v) is 4.40. The highest BCUT2D eigenvalue weighted by Gasteiger charge is 2.35. The summed E-state index contributed by atoms with van der Waals surface area (Å²) in [6, 6.07) is -0.328. The molecule has 1 atom stereocenters. The Morgan fingerprint density at radius 3 is 2.06 bits per heavy atom. The number of carbonyl (C=O) groups is 2. The molecule has 0 heterocycles. The first kappa shape index (κ1) is 15.9. The van der Waals surface area contributed by atoms with Crippen molar-refractivity contribution >= 4 is 11.9 Å². The summed E-state index contributed by atoms with van der Waals surface area (Å²) in [5.41, 5.74) is 5.17. The second-order valence-electron chi connectivity index (χ2n) is 4.40. The van der Waals surface area contributed by atoms with E-state index in [0.717, 1.165) is 0 Å². The van der Waals surface area contributed by atoms with Gasteiger partial charge in [0.2, 0.25) is 5.91 Å². The first-order valence-electron chi connectivity index (χ1n) is 6.14. The largest absolute Gasteiger partial charge is 0.481 e. The lowest BCUT2D eigenvalue weighted by molar-refractivity contribution is -0.143. The van der Waals surface area contributed by atoms with Gasteiger partial charge >= 0.3 is 5.97 Å². The van der Waals surface area contributed by atoms with E-state index in [-0.39, 0.29) is 18.4 Å². The normalized spacial score (nSPS) is 13.2. The van der Waals surface area contributed by atoms with Crippen LogP contribution in [0, 0.1) is 0 Å². The highest BCUT2D eigenvalue weighted by Crippen LogP contribution is 2.18. The zero-order valence-electron chi connectivity index (χ0n) is 11.2. The predicted octanol–water partition coefficient (Wildman–Crippen LogP) is 1.22. The molecule has 0 spiro atoms. The Bertz CT molecular complexity index is 275. The third-order valence-corrected chi connectivity index (χ3v) is 3.29. The Kier molecular flexibility index (Phi) is 6.16. The molecule has 0 aromatic carbocycles. The average Bonchev–Trinajstić information content (AvgIpc) is 2.27. The maximum absolute atomic E-state index is 12.3. The van der Waals surface area contributed by atoms with Crippen LogP contribution >= 0.6 is 0 Å². The van der Waals surface area contributed by atoms with Crippen molar-refractivity contribution in [3.05, 3.63) is 0 Å². The summed E-state index contributed by atoms with van der Waals surface area (Å²) in [5.74, 6) is -1.06. The molecule has 5 heteroatoms. The molecule has 0 saturated heterocycles. The standard InChI is InChI=1S/C12H24N2O3/c1-5-12(13,6-2)11(17)14(7-3)9(4)8-10(15)16/h9H,5-8,13H2,1-4H3,(H,15,16). The molecule has 0 aromatic rings. The maximum atomic E-state index is 12.3. The predicted molar refractivity (Wildman–Crippen MR) is 66.6 cm³/mol. The Morgan fingerprint density at radius 2 is 1.76 bits per heavy atom. The number of carboxylic acids is 1. The summed E-state index contributed by atoms with van der Waals surface area (Å²) < 4.78 is 0. The van der Waals surface area contributed by atoms with Gasteiger partial charge in [-0.1, -0.05) is 13.8 Å². The number of nitrogens with zero attached hydrogens (tertiary/aromatic N) is 1. The molecule has 5 nitrogen and oxygen atoms in total. The summed E-state index contributed by atoms with van der Waals surface area (Å²) >= 11 is 0. The molecule has 0 bridgehead atoms. The molecule has 1 unspecified atom stereocenters. The summed E-state index contributed by atoms with van der Waals surface area (Å²) in [4.78, 5) is 24.5. The lowest BCUT2D eigenvalue weighted by atomic mass is 9.91. The van der Waals surface area contributed by atoms with Crippen LogP contribution in [0.1, 0.15) is 47.0 Å². The van der Waals surface area contributed by atoms with Crippen LogP contribution < -0.4 is 5.73 Å². The van der Waals surface area contributed by atoms with Crippen LogP contribution in [0.4, 0.5) is 0 Å². The van der Waals surface area contributed by atoms with E-state index >= 15 is 0 Å². The smallest absolute Gasteiger partial charge is 0.305 e. The van der Waals surface area contributed by atoms with Crippen LogP contribution in [0.5, 0.6) is 0 Å². The van der Waals surface area contributed by atoms with Crippen molar-refractivity contribution < 1.29 is 14.7 Å². The van der Waals surface area contributed by atoms with Crippen molar-refractivity contribution in [2.24, 2.45) is 5.73 Å². The zero-order valence-corrected chi connectivity index (χ0v) is 11.2.